The third kappa shape index (κ3) is 2.51. The standard InChI is InChI=1S/C15H9Br5/c16-11-10(12(17)14(19)15(20)13(11)18)9-6-5-7-3-1-2-4-8(7)9/h1-4,9H,5-6H2. The van der Waals surface area contributed by atoms with Gasteiger partial charge in [-0.25, -0.2) is 0 Å². The molecule has 1 aliphatic carbocycles. The Bertz CT molecular complexity index is 664. The number of fused-ring (bicyclic) bond motifs is 1. The summed E-state index contributed by atoms with van der Waals surface area (Å²) < 4.78 is 5.34. The molecule has 0 aromatic heterocycles. The molecule has 3 rings (SSSR count). The molecule has 1 unspecified atom stereocenters. The summed E-state index contributed by atoms with van der Waals surface area (Å²) in [5, 5.41) is 0. The van der Waals surface area contributed by atoms with Gasteiger partial charge < -0.3 is 0 Å². The fourth-order valence-electron chi connectivity index (χ4n) is 2.78. The van der Waals surface area contributed by atoms with E-state index in [2.05, 4.69) is 104 Å². The van der Waals surface area contributed by atoms with Crippen LogP contribution in [0.1, 0.15) is 29.0 Å². The van der Waals surface area contributed by atoms with E-state index in [1.807, 2.05) is 0 Å². The maximum Gasteiger partial charge on any atom is 0.0482 e. The Labute approximate surface area is 160 Å². The molecule has 5 heteroatoms. The zero-order chi connectivity index (χ0) is 14.4. The summed E-state index contributed by atoms with van der Waals surface area (Å²) in [6, 6.07) is 8.73. The van der Waals surface area contributed by atoms with Gasteiger partial charge in [-0.1, -0.05) is 24.3 Å². The smallest absolute Gasteiger partial charge is 0.0482 e. The van der Waals surface area contributed by atoms with E-state index in [1.54, 1.807) is 0 Å². The second-order valence-electron chi connectivity index (χ2n) is 4.77. The first-order valence-corrected chi connectivity index (χ1v) is 10.1. The maximum atomic E-state index is 3.75. The van der Waals surface area contributed by atoms with Crippen LogP contribution in [-0.2, 0) is 6.42 Å². The van der Waals surface area contributed by atoms with Gasteiger partial charge in [0.05, 0.1) is 0 Å². The number of hydrogen-bond donors (Lipinski definition) is 0. The quantitative estimate of drug-likeness (QED) is 0.238. The summed E-state index contributed by atoms with van der Waals surface area (Å²) in [7, 11) is 0. The van der Waals surface area contributed by atoms with E-state index >= 15 is 0 Å². The van der Waals surface area contributed by atoms with Crippen molar-refractivity contribution in [2.24, 2.45) is 0 Å². The largest absolute Gasteiger partial charge is 0.0620 e. The van der Waals surface area contributed by atoms with Crippen LogP contribution in [0.5, 0.6) is 0 Å². The Balaban J connectivity index is 2.23. The number of halogens is 5. The van der Waals surface area contributed by atoms with E-state index in [0.29, 0.717) is 5.92 Å². The molecule has 0 nitrogen and oxygen atoms in total. The third-order valence-electron chi connectivity index (χ3n) is 3.73. The van der Waals surface area contributed by atoms with Crippen LogP contribution in [0.25, 0.3) is 0 Å². The van der Waals surface area contributed by atoms with Gasteiger partial charge >= 0.3 is 0 Å². The summed E-state index contributed by atoms with van der Waals surface area (Å²) >= 11 is 18.4. The SMILES string of the molecule is Brc1c(Br)c(Br)c(C2CCc3ccccc32)c(Br)c1Br. The van der Waals surface area contributed by atoms with Gasteiger partial charge in [0.1, 0.15) is 0 Å². The highest BCUT2D eigenvalue weighted by molar-refractivity contribution is 9.15. The molecule has 0 heterocycles. The van der Waals surface area contributed by atoms with Crippen molar-refractivity contribution in [3.05, 3.63) is 63.3 Å². The zero-order valence-corrected chi connectivity index (χ0v) is 18.1. The minimum Gasteiger partial charge on any atom is -0.0620 e. The molecule has 104 valence electrons. The van der Waals surface area contributed by atoms with E-state index in [0.717, 1.165) is 35.2 Å². The van der Waals surface area contributed by atoms with Crippen LogP contribution in [0.2, 0.25) is 0 Å². The van der Waals surface area contributed by atoms with E-state index in [4.69, 9.17) is 0 Å². The van der Waals surface area contributed by atoms with Crippen LogP contribution in [0, 0.1) is 0 Å². The van der Waals surface area contributed by atoms with Crippen LogP contribution in [0.3, 0.4) is 0 Å². The van der Waals surface area contributed by atoms with Crippen molar-refractivity contribution < 1.29 is 0 Å². The van der Waals surface area contributed by atoms with E-state index in [9.17, 15) is 0 Å². The van der Waals surface area contributed by atoms with Gasteiger partial charge in [0.25, 0.3) is 0 Å². The molecule has 1 atom stereocenters. The van der Waals surface area contributed by atoms with Crippen LogP contribution in [0.15, 0.2) is 46.6 Å². The lowest BCUT2D eigenvalue weighted by molar-refractivity contribution is 0.779. The van der Waals surface area contributed by atoms with Crippen molar-refractivity contribution in [3.8, 4) is 0 Å². The Morgan fingerprint density at radius 1 is 0.750 bits per heavy atom. The molecule has 0 N–H and O–H groups in total. The molecule has 0 spiro atoms. The van der Waals surface area contributed by atoms with Gasteiger partial charge in [-0.2, -0.15) is 0 Å². The molecule has 0 bridgehead atoms. The average molecular weight is 589 g/mol. The average Bonchev–Trinajstić information content (AvgIpc) is 2.87. The lowest BCUT2D eigenvalue weighted by Gasteiger charge is -2.19. The molecule has 0 radical (unpaired) electrons. The zero-order valence-electron chi connectivity index (χ0n) is 10.2. The summed E-state index contributed by atoms with van der Waals surface area (Å²) in [5.74, 6) is 0.427. The molecular weight excluding hydrogens is 580 g/mol. The minimum atomic E-state index is 0.427. The molecule has 0 fully saturated rings. The summed E-state index contributed by atoms with van der Waals surface area (Å²) in [4.78, 5) is 0. The Hall–Kier alpha value is 0.840. The monoisotopic (exact) mass is 584 g/mol. The van der Waals surface area contributed by atoms with Crippen LogP contribution >= 0.6 is 79.6 Å². The van der Waals surface area contributed by atoms with Crippen LogP contribution in [-0.4, -0.2) is 0 Å². The second-order valence-corrected chi connectivity index (χ2v) is 8.74. The molecule has 2 aromatic carbocycles. The van der Waals surface area contributed by atoms with Crippen molar-refractivity contribution >= 4 is 79.6 Å². The Morgan fingerprint density at radius 2 is 1.30 bits per heavy atom. The highest BCUT2D eigenvalue weighted by Crippen LogP contribution is 2.51. The van der Waals surface area contributed by atoms with Gasteiger partial charge in [0, 0.05) is 28.3 Å². The van der Waals surface area contributed by atoms with E-state index < -0.39 is 0 Å². The van der Waals surface area contributed by atoms with E-state index in [1.165, 1.54) is 16.7 Å². The van der Waals surface area contributed by atoms with Crippen LogP contribution < -0.4 is 0 Å². The van der Waals surface area contributed by atoms with Gasteiger partial charge in [0.15, 0.2) is 0 Å². The number of rotatable bonds is 1. The summed E-state index contributed by atoms with van der Waals surface area (Å²) in [6.45, 7) is 0. The first-order chi connectivity index (χ1) is 9.52. The van der Waals surface area contributed by atoms with Gasteiger partial charge in [-0.15, -0.1) is 0 Å². The Morgan fingerprint density at radius 3 is 1.95 bits per heavy atom. The lowest BCUT2D eigenvalue weighted by atomic mass is 9.93. The second kappa shape index (κ2) is 6.15. The van der Waals surface area contributed by atoms with Crippen molar-refractivity contribution in [3.63, 3.8) is 0 Å². The highest BCUT2D eigenvalue weighted by Gasteiger charge is 2.29. The predicted octanol–water partition coefficient (Wildman–Crippen LogP) is 7.58. The molecule has 0 amide bonds. The third-order valence-corrected chi connectivity index (χ3v) is 9.88. The molecule has 0 aliphatic heterocycles. The van der Waals surface area contributed by atoms with Crippen molar-refractivity contribution in [1.29, 1.82) is 0 Å². The van der Waals surface area contributed by atoms with Crippen molar-refractivity contribution in [1.82, 2.24) is 0 Å². The van der Waals surface area contributed by atoms with Crippen molar-refractivity contribution in [2.75, 3.05) is 0 Å². The fraction of sp³-hybridized carbons (Fsp3) is 0.200. The van der Waals surface area contributed by atoms with Crippen LogP contribution in [0.4, 0.5) is 0 Å². The van der Waals surface area contributed by atoms with Crippen molar-refractivity contribution in [2.45, 2.75) is 18.8 Å². The molecule has 1 aliphatic rings. The molecule has 0 saturated heterocycles. The summed E-state index contributed by atoms with van der Waals surface area (Å²) in [6.07, 6.45) is 2.29. The predicted molar refractivity (Wildman–Crippen MR) is 102 cm³/mol. The highest BCUT2D eigenvalue weighted by atomic mass is 79.9. The molecule has 20 heavy (non-hydrogen) atoms. The Kier molecular flexibility index (Phi) is 4.84. The molecular formula is C15H9Br5. The normalized spacial score (nSPS) is 17.4. The van der Waals surface area contributed by atoms with Gasteiger partial charge in [0.2, 0.25) is 0 Å². The maximum absolute atomic E-state index is 3.75. The number of benzene rings is 2. The molecule has 0 saturated carbocycles. The summed E-state index contributed by atoms with van der Waals surface area (Å²) in [5.41, 5.74) is 4.21. The lowest BCUT2D eigenvalue weighted by Crippen LogP contribution is -2.01. The fourth-order valence-corrected chi connectivity index (χ4v) is 6.41. The van der Waals surface area contributed by atoms with Gasteiger partial charge in [-0.3, -0.25) is 0 Å². The first kappa shape index (κ1) is 15.7. The first-order valence-electron chi connectivity index (χ1n) is 6.11. The van der Waals surface area contributed by atoms with E-state index in [-0.39, 0.29) is 0 Å². The minimum absolute atomic E-state index is 0.427. The molecule has 2 aromatic rings. The number of aryl methyl sites for hydroxylation is 1. The topological polar surface area (TPSA) is 0 Å². The van der Waals surface area contributed by atoms with Gasteiger partial charge in [-0.05, 0) is 109 Å². The number of hydrogen-bond acceptors (Lipinski definition) is 0.